The van der Waals surface area contributed by atoms with Crippen LogP contribution in [-0.2, 0) is 4.79 Å². The molecule has 0 atom stereocenters. The summed E-state index contributed by atoms with van der Waals surface area (Å²) < 4.78 is 5.12. The number of carbonyl (C=O) groups is 1. The van der Waals surface area contributed by atoms with Crippen molar-refractivity contribution in [3.63, 3.8) is 0 Å². The zero-order valence-electron chi connectivity index (χ0n) is 6.91. The quantitative estimate of drug-likeness (QED) is 0.685. The first-order valence-electron chi connectivity index (χ1n) is 3.66. The van der Waals surface area contributed by atoms with E-state index in [1.807, 2.05) is 0 Å². The Morgan fingerprint density at radius 1 is 1.58 bits per heavy atom. The maximum Gasteiger partial charge on any atom is 0.167 e. The summed E-state index contributed by atoms with van der Waals surface area (Å²) in [5, 5.41) is 0. The van der Waals surface area contributed by atoms with Crippen LogP contribution < -0.4 is 10.5 Å². The Labute approximate surface area is 71.1 Å². The van der Waals surface area contributed by atoms with Crippen molar-refractivity contribution in [3.05, 3.63) is 24.3 Å². The lowest BCUT2D eigenvalue weighted by atomic mass is 10.3. The van der Waals surface area contributed by atoms with Crippen molar-refractivity contribution in [1.29, 1.82) is 0 Å². The summed E-state index contributed by atoms with van der Waals surface area (Å²) in [5.41, 5.74) is 6.14. The Balaban J connectivity index is 2.57. The molecule has 0 bridgehead atoms. The molecule has 1 aromatic rings. The van der Waals surface area contributed by atoms with Gasteiger partial charge in [-0.3, -0.25) is 4.79 Å². The van der Waals surface area contributed by atoms with Gasteiger partial charge in [0.1, 0.15) is 12.4 Å². The van der Waals surface area contributed by atoms with E-state index in [9.17, 15) is 4.79 Å². The van der Waals surface area contributed by atoms with Crippen molar-refractivity contribution in [3.8, 4) is 5.75 Å². The minimum absolute atomic E-state index is 0.00238. The van der Waals surface area contributed by atoms with E-state index in [0.29, 0.717) is 11.4 Å². The minimum Gasteiger partial charge on any atom is -0.486 e. The number of benzene rings is 1. The molecule has 0 amide bonds. The molecule has 0 radical (unpaired) electrons. The fraction of sp³-hybridized carbons (Fsp3) is 0.222. The fourth-order valence-electron chi connectivity index (χ4n) is 0.789. The Hall–Kier alpha value is -1.51. The summed E-state index contributed by atoms with van der Waals surface area (Å²) in [6, 6.07) is 6.99. The standard InChI is InChI=1S/C9H11NO2/c1-7(11)6-12-9-4-2-3-8(10)5-9/h2-5H,6,10H2,1H3. The van der Waals surface area contributed by atoms with Gasteiger partial charge >= 0.3 is 0 Å². The summed E-state index contributed by atoms with van der Waals surface area (Å²) in [5.74, 6) is 0.627. The first-order chi connectivity index (χ1) is 5.68. The molecule has 2 N–H and O–H groups in total. The number of rotatable bonds is 3. The molecular weight excluding hydrogens is 154 g/mol. The highest BCUT2D eigenvalue weighted by Gasteiger charge is 1.95. The van der Waals surface area contributed by atoms with Crippen molar-refractivity contribution >= 4 is 11.5 Å². The molecule has 1 rings (SSSR count). The van der Waals surface area contributed by atoms with Gasteiger partial charge in [0.25, 0.3) is 0 Å². The largest absolute Gasteiger partial charge is 0.486 e. The molecule has 0 saturated heterocycles. The van der Waals surface area contributed by atoms with Crippen molar-refractivity contribution in [2.75, 3.05) is 12.3 Å². The van der Waals surface area contributed by atoms with Crippen LogP contribution in [0.5, 0.6) is 5.75 Å². The van der Waals surface area contributed by atoms with E-state index in [4.69, 9.17) is 10.5 Å². The Morgan fingerprint density at radius 2 is 2.33 bits per heavy atom. The maximum absolute atomic E-state index is 10.5. The number of Topliss-reactive ketones (excluding diaryl/α,β-unsaturated/α-hetero) is 1. The van der Waals surface area contributed by atoms with Gasteiger partial charge in [0.15, 0.2) is 5.78 Å². The van der Waals surface area contributed by atoms with Crippen LogP contribution in [-0.4, -0.2) is 12.4 Å². The van der Waals surface area contributed by atoms with E-state index in [-0.39, 0.29) is 12.4 Å². The summed E-state index contributed by atoms with van der Waals surface area (Å²) in [7, 11) is 0. The second kappa shape index (κ2) is 3.76. The van der Waals surface area contributed by atoms with Gasteiger partial charge < -0.3 is 10.5 Å². The predicted molar refractivity (Wildman–Crippen MR) is 47.0 cm³/mol. The van der Waals surface area contributed by atoms with Crippen molar-refractivity contribution in [2.45, 2.75) is 6.92 Å². The smallest absolute Gasteiger partial charge is 0.167 e. The Bertz CT molecular complexity index is 284. The van der Waals surface area contributed by atoms with Crippen molar-refractivity contribution in [1.82, 2.24) is 0 Å². The van der Waals surface area contributed by atoms with Crippen LogP contribution >= 0.6 is 0 Å². The molecule has 0 aliphatic rings. The lowest BCUT2D eigenvalue weighted by Gasteiger charge is -2.03. The molecule has 0 unspecified atom stereocenters. The SMILES string of the molecule is CC(=O)COc1cccc(N)c1. The monoisotopic (exact) mass is 165 g/mol. The average Bonchev–Trinajstić information content (AvgIpc) is 2.01. The normalized spacial score (nSPS) is 9.42. The highest BCUT2D eigenvalue weighted by Crippen LogP contribution is 2.13. The van der Waals surface area contributed by atoms with Crippen LogP contribution in [0, 0.1) is 0 Å². The molecule has 3 nitrogen and oxygen atoms in total. The van der Waals surface area contributed by atoms with Crippen molar-refractivity contribution < 1.29 is 9.53 Å². The maximum atomic E-state index is 10.5. The molecule has 1 aromatic carbocycles. The summed E-state index contributed by atoms with van der Waals surface area (Å²) >= 11 is 0. The van der Waals surface area contributed by atoms with Gasteiger partial charge in [-0.15, -0.1) is 0 Å². The van der Waals surface area contributed by atoms with E-state index in [1.165, 1.54) is 6.92 Å². The fourth-order valence-corrected chi connectivity index (χ4v) is 0.789. The van der Waals surface area contributed by atoms with E-state index >= 15 is 0 Å². The van der Waals surface area contributed by atoms with Crippen LogP contribution in [0.15, 0.2) is 24.3 Å². The third-order valence-corrected chi connectivity index (χ3v) is 1.30. The minimum atomic E-state index is -0.00238. The molecule has 0 spiro atoms. The van der Waals surface area contributed by atoms with E-state index in [2.05, 4.69) is 0 Å². The molecule has 0 aliphatic carbocycles. The number of ketones is 1. The lowest BCUT2D eigenvalue weighted by molar-refractivity contribution is -0.118. The molecule has 12 heavy (non-hydrogen) atoms. The van der Waals surface area contributed by atoms with Gasteiger partial charge in [-0.2, -0.15) is 0 Å². The molecule has 0 saturated carbocycles. The average molecular weight is 165 g/mol. The number of ether oxygens (including phenoxy) is 1. The van der Waals surface area contributed by atoms with E-state index in [1.54, 1.807) is 24.3 Å². The van der Waals surface area contributed by atoms with Crippen LogP contribution in [0.1, 0.15) is 6.92 Å². The van der Waals surface area contributed by atoms with Crippen LogP contribution in [0.25, 0.3) is 0 Å². The second-order valence-corrected chi connectivity index (χ2v) is 2.56. The summed E-state index contributed by atoms with van der Waals surface area (Å²) in [6.07, 6.45) is 0. The number of nitrogen functional groups attached to an aromatic ring is 1. The number of carbonyl (C=O) groups excluding carboxylic acids is 1. The van der Waals surface area contributed by atoms with Gasteiger partial charge in [0.2, 0.25) is 0 Å². The molecule has 0 aliphatic heterocycles. The highest BCUT2D eigenvalue weighted by atomic mass is 16.5. The first-order valence-corrected chi connectivity index (χ1v) is 3.66. The van der Waals surface area contributed by atoms with Crippen LogP contribution in [0.3, 0.4) is 0 Å². The number of anilines is 1. The Morgan fingerprint density at radius 3 is 2.92 bits per heavy atom. The van der Waals surface area contributed by atoms with Gasteiger partial charge in [0.05, 0.1) is 0 Å². The summed E-state index contributed by atoms with van der Waals surface area (Å²) in [6.45, 7) is 1.58. The Kier molecular flexibility index (Phi) is 2.69. The summed E-state index contributed by atoms with van der Waals surface area (Å²) in [4.78, 5) is 10.5. The van der Waals surface area contributed by atoms with E-state index < -0.39 is 0 Å². The first kappa shape index (κ1) is 8.59. The van der Waals surface area contributed by atoms with Crippen LogP contribution in [0.2, 0.25) is 0 Å². The van der Waals surface area contributed by atoms with Gasteiger partial charge in [-0.25, -0.2) is 0 Å². The predicted octanol–water partition coefficient (Wildman–Crippen LogP) is 1.24. The second-order valence-electron chi connectivity index (χ2n) is 2.56. The molecule has 3 heteroatoms. The molecule has 0 aromatic heterocycles. The van der Waals surface area contributed by atoms with Gasteiger partial charge in [-0.05, 0) is 19.1 Å². The molecular formula is C9H11NO2. The van der Waals surface area contributed by atoms with E-state index in [0.717, 1.165) is 0 Å². The topological polar surface area (TPSA) is 52.3 Å². The van der Waals surface area contributed by atoms with Crippen LogP contribution in [0.4, 0.5) is 5.69 Å². The molecule has 0 fully saturated rings. The third-order valence-electron chi connectivity index (χ3n) is 1.30. The number of hydrogen-bond acceptors (Lipinski definition) is 3. The lowest BCUT2D eigenvalue weighted by Crippen LogP contribution is -2.06. The highest BCUT2D eigenvalue weighted by molar-refractivity contribution is 5.77. The van der Waals surface area contributed by atoms with Gasteiger partial charge in [-0.1, -0.05) is 6.07 Å². The zero-order valence-corrected chi connectivity index (χ0v) is 6.91. The number of nitrogens with two attached hydrogens (primary N) is 1. The zero-order chi connectivity index (χ0) is 8.97. The third kappa shape index (κ3) is 2.62. The van der Waals surface area contributed by atoms with Gasteiger partial charge in [0, 0.05) is 11.8 Å². The van der Waals surface area contributed by atoms with Crippen molar-refractivity contribution in [2.24, 2.45) is 0 Å². The molecule has 64 valence electrons. The number of hydrogen-bond donors (Lipinski definition) is 1. The molecule has 0 heterocycles.